The van der Waals surface area contributed by atoms with E-state index in [-0.39, 0.29) is 11.0 Å². The molecule has 0 saturated carbocycles. The van der Waals surface area contributed by atoms with Gasteiger partial charge in [-0.3, -0.25) is 10.2 Å². The van der Waals surface area contributed by atoms with Crippen molar-refractivity contribution >= 4 is 31.9 Å². The lowest BCUT2D eigenvalue weighted by Crippen LogP contribution is -2.41. The normalized spacial score (nSPS) is 11.3. The van der Waals surface area contributed by atoms with E-state index in [1.54, 1.807) is 36.4 Å². The third kappa shape index (κ3) is 5.05. The molecule has 128 valence electrons. The van der Waals surface area contributed by atoms with Crippen LogP contribution in [0.5, 0.6) is 5.75 Å². The SMILES string of the molecule is CC(C)Oc1ccc(C(=O)NNS(=O)(=O)c2cccc(Br)c2)cc1. The van der Waals surface area contributed by atoms with E-state index in [4.69, 9.17) is 4.74 Å². The van der Waals surface area contributed by atoms with Crippen LogP contribution in [-0.2, 0) is 10.0 Å². The zero-order chi connectivity index (χ0) is 17.7. The van der Waals surface area contributed by atoms with Gasteiger partial charge in [-0.2, -0.15) is 0 Å². The number of carbonyl (C=O) groups is 1. The molecule has 2 N–H and O–H groups in total. The second-order valence-corrected chi connectivity index (χ2v) is 7.81. The standard InChI is InChI=1S/C16H17BrN2O4S/c1-11(2)23-14-8-6-12(7-9-14)16(20)18-19-24(21,22)15-5-3-4-13(17)10-15/h3-11,19H,1-2H3,(H,18,20). The Hall–Kier alpha value is -1.90. The number of carbonyl (C=O) groups excluding carboxylic acids is 1. The van der Waals surface area contributed by atoms with E-state index in [1.165, 1.54) is 12.1 Å². The Morgan fingerprint density at radius 2 is 1.79 bits per heavy atom. The number of hydrogen-bond acceptors (Lipinski definition) is 4. The second-order valence-electron chi connectivity index (χ2n) is 5.21. The molecule has 0 spiro atoms. The first-order valence-electron chi connectivity index (χ1n) is 7.12. The van der Waals surface area contributed by atoms with Gasteiger partial charge in [0.05, 0.1) is 11.0 Å². The Morgan fingerprint density at radius 3 is 2.38 bits per heavy atom. The molecule has 0 radical (unpaired) electrons. The molecular weight excluding hydrogens is 396 g/mol. The highest BCUT2D eigenvalue weighted by molar-refractivity contribution is 9.10. The van der Waals surface area contributed by atoms with E-state index in [1.807, 2.05) is 13.8 Å². The van der Waals surface area contributed by atoms with Gasteiger partial charge in [0.2, 0.25) is 0 Å². The third-order valence-corrected chi connectivity index (χ3v) is 4.63. The maximum Gasteiger partial charge on any atom is 0.266 e. The van der Waals surface area contributed by atoms with Crippen LogP contribution in [0.3, 0.4) is 0 Å². The first-order valence-corrected chi connectivity index (χ1v) is 9.40. The highest BCUT2D eigenvalue weighted by Gasteiger charge is 2.16. The predicted molar refractivity (Wildman–Crippen MR) is 94.1 cm³/mol. The lowest BCUT2D eigenvalue weighted by molar-refractivity contribution is 0.0945. The first-order chi connectivity index (χ1) is 11.3. The van der Waals surface area contributed by atoms with Crippen molar-refractivity contribution in [2.75, 3.05) is 0 Å². The number of ether oxygens (including phenoxy) is 1. The van der Waals surface area contributed by atoms with Crippen molar-refractivity contribution in [3.05, 3.63) is 58.6 Å². The number of nitrogens with one attached hydrogen (secondary N) is 2. The lowest BCUT2D eigenvalue weighted by atomic mass is 10.2. The fourth-order valence-corrected chi connectivity index (χ4v) is 3.27. The molecule has 0 aliphatic rings. The quantitative estimate of drug-likeness (QED) is 0.714. The molecule has 24 heavy (non-hydrogen) atoms. The van der Waals surface area contributed by atoms with Gasteiger partial charge >= 0.3 is 0 Å². The van der Waals surface area contributed by atoms with Crippen molar-refractivity contribution in [1.29, 1.82) is 0 Å². The molecule has 0 heterocycles. The average Bonchev–Trinajstić information content (AvgIpc) is 2.53. The number of hydrazine groups is 1. The predicted octanol–water partition coefficient (Wildman–Crippen LogP) is 2.86. The van der Waals surface area contributed by atoms with Gasteiger partial charge in [0, 0.05) is 10.0 Å². The summed E-state index contributed by atoms with van der Waals surface area (Å²) in [6.45, 7) is 3.80. The smallest absolute Gasteiger partial charge is 0.266 e. The van der Waals surface area contributed by atoms with E-state index in [9.17, 15) is 13.2 Å². The highest BCUT2D eigenvalue weighted by atomic mass is 79.9. The van der Waals surface area contributed by atoms with Crippen LogP contribution in [-0.4, -0.2) is 20.4 Å². The summed E-state index contributed by atoms with van der Waals surface area (Å²) in [4.78, 5) is 14.1. The van der Waals surface area contributed by atoms with Crippen molar-refractivity contribution in [2.24, 2.45) is 0 Å². The molecule has 0 fully saturated rings. The summed E-state index contributed by atoms with van der Waals surface area (Å²) in [5.74, 6) is 0.0703. The Bertz CT molecular complexity index is 820. The van der Waals surface area contributed by atoms with Gasteiger partial charge in [-0.15, -0.1) is 4.83 Å². The minimum absolute atomic E-state index is 0.0293. The van der Waals surface area contributed by atoms with Gasteiger partial charge < -0.3 is 4.74 Å². The van der Waals surface area contributed by atoms with Crippen molar-refractivity contribution in [3.8, 4) is 5.75 Å². The zero-order valence-electron chi connectivity index (χ0n) is 13.1. The molecule has 0 saturated heterocycles. The van der Waals surface area contributed by atoms with Crippen molar-refractivity contribution in [2.45, 2.75) is 24.8 Å². The molecule has 8 heteroatoms. The van der Waals surface area contributed by atoms with Gasteiger partial charge in [0.1, 0.15) is 5.75 Å². The number of hydrogen-bond donors (Lipinski definition) is 2. The summed E-state index contributed by atoms with van der Waals surface area (Å²) in [5, 5.41) is 0. The highest BCUT2D eigenvalue weighted by Crippen LogP contribution is 2.16. The first kappa shape index (κ1) is 18.4. The molecule has 6 nitrogen and oxygen atoms in total. The second kappa shape index (κ2) is 7.78. The van der Waals surface area contributed by atoms with E-state index in [2.05, 4.69) is 26.2 Å². The molecular formula is C16H17BrN2O4S. The number of amides is 1. The minimum atomic E-state index is -3.85. The molecule has 0 atom stereocenters. The van der Waals surface area contributed by atoms with Gasteiger partial charge in [-0.1, -0.05) is 22.0 Å². The Morgan fingerprint density at radius 1 is 1.12 bits per heavy atom. The van der Waals surface area contributed by atoms with Crippen LogP contribution >= 0.6 is 15.9 Å². The van der Waals surface area contributed by atoms with E-state index in [0.29, 0.717) is 15.8 Å². The summed E-state index contributed by atoms with van der Waals surface area (Å²) >= 11 is 3.20. The molecule has 0 bridgehead atoms. The Kier molecular flexibility index (Phi) is 5.98. The summed E-state index contributed by atoms with van der Waals surface area (Å²) in [7, 11) is -3.85. The van der Waals surface area contributed by atoms with Crippen LogP contribution in [0.15, 0.2) is 57.9 Å². The average molecular weight is 413 g/mol. The number of rotatable bonds is 6. The Labute approximate surface area is 149 Å². The summed E-state index contributed by atoms with van der Waals surface area (Å²) in [5.41, 5.74) is 2.49. The van der Waals surface area contributed by atoms with Crippen molar-refractivity contribution in [3.63, 3.8) is 0 Å². The van der Waals surface area contributed by atoms with Gasteiger partial charge in [-0.05, 0) is 56.3 Å². The van der Waals surface area contributed by atoms with Gasteiger partial charge in [-0.25, -0.2) is 8.42 Å². The number of benzene rings is 2. The lowest BCUT2D eigenvalue weighted by Gasteiger charge is -2.11. The molecule has 0 aromatic heterocycles. The molecule has 0 aliphatic heterocycles. The topological polar surface area (TPSA) is 84.5 Å². The minimum Gasteiger partial charge on any atom is -0.491 e. The van der Waals surface area contributed by atoms with Crippen LogP contribution in [0.4, 0.5) is 0 Å². The summed E-state index contributed by atoms with van der Waals surface area (Å²) < 4.78 is 30.4. The fraction of sp³-hybridized carbons (Fsp3) is 0.188. The van der Waals surface area contributed by atoms with E-state index < -0.39 is 15.9 Å². The summed E-state index contributed by atoms with van der Waals surface area (Å²) in [6, 6.07) is 12.6. The maximum absolute atomic E-state index is 12.1. The largest absolute Gasteiger partial charge is 0.491 e. The third-order valence-electron chi connectivity index (χ3n) is 2.89. The Balaban J connectivity index is 2.02. The van der Waals surface area contributed by atoms with Gasteiger partial charge in [0.25, 0.3) is 15.9 Å². The summed E-state index contributed by atoms with van der Waals surface area (Å²) in [6.07, 6.45) is 0.0293. The van der Waals surface area contributed by atoms with Gasteiger partial charge in [0.15, 0.2) is 0 Å². The van der Waals surface area contributed by atoms with Crippen LogP contribution < -0.4 is 15.0 Å². The zero-order valence-corrected chi connectivity index (χ0v) is 15.5. The number of halogens is 1. The van der Waals surface area contributed by atoms with Crippen LogP contribution in [0, 0.1) is 0 Å². The van der Waals surface area contributed by atoms with E-state index >= 15 is 0 Å². The monoisotopic (exact) mass is 412 g/mol. The molecule has 2 rings (SSSR count). The van der Waals surface area contributed by atoms with Crippen LogP contribution in [0.25, 0.3) is 0 Å². The molecule has 1 amide bonds. The maximum atomic E-state index is 12.1. The van der Waals surface area contributed by atoms with Crippen LogP contribution in [0.1, 0.15) is 24.2 Å². The van der Waals surface area contributed by atoms with Crippen LogP contribution in [0.2, 0.25) is 0 Å². The molecule has 2 aromatic carbocycles. The molecule has 0 aliphatic carbocycles. The molecule has 0 unspecified atom stereocenters. The number of sulfonamides is 1. The van der Waals surface area contributed by atoms with Crippen molar-refractivity contribution < 1.29 is 17.9 Å². The van der Waals surface area contributed by atoms with Crippen molar-refractivity contribution in [1.82, 2.24) is 10.3 Å². The molecule has 2 aromatic rings. The van der Waals surface area contributed by atoms with E-state index in [0.717, 1.165) is 0 Å². The fourth-order valence-electron chi connectivity index (χ4n) is 1.84.